The molecule has 0 aromatic carbocycles. The molecule has 14 heavy (non-hydrogen) atoms. The molecule has 2 rings (SSSR count). The van der Waals surface area contributed by atoms with E-state index in [0.29, 0.717) is 5.82 Å². The van der Waals surface area contributed by atoms with Gasteiger partial charge in [0.25, 0.3) is 5.56 Å². The van der Waals surface area contributed by atoms with E-state index in [2.05, 4.69) is 15.5 Å². The molecule has 72 valence electrons. The van der Waals surface area contributed by atoms with Gasteiger partial charge in [-0.2, -0.15) is 10.1 Å². The molecule has 0 radical (unpaired) electrons. The lowest BCUT2D eigenvalue weighted by atomic mass is 10.6. The zero-order valence-electron chi connectivity index (χ0n) is 7.58. The zero-order chi connectivity index (χ0) is 9.97. The minimum absolute atomic E-state index is 0.260. The van der Waals surface area contributed by atoms with Gasteiger partial charge in [0.2, 0.25) is 0 Å². The monoisotopic (exact) mass is 191 g/mol. The lowest BCUT2D eigenvalue weighted by Crippen LogP contribution is -2.14. The van der Waals surface area contributed by atoms with Crippen LogP contribution in [0.3, 0.4) is 0 Å². The summed E-state index contributed by atoms with van der Waals surface area (Å²) in [6.45, 7) is 0. The summed E-state index contributed by atoms with van der Waals surface area (Å²) in [4.78, 5) is 14.3. The molecule has 0 aliphatic heterocycles. The van der Waals surface area contributed by atoms with Crippen molar-refractivity contribution >= 4 is 5.82 Å². The first-order chi connectivity index (χ1) is 6.74. The average Bonchev–Trinajstić information content (AvgIpc) is 2.56. The predicted octanol–water partition coefficient (Wildman–Crippen LogP) is -0.148. The second kappa shape index (κ2) is 3.33. The van der Waals surface area contributed by atoms with E-state index in [0.717, 1.165) is 0 Å². The van der Waals surface area contributed by atoms with Gasteiger partial charge < -0.3 is 0 Å². The molecule has 0 fully saturated rings. The number of rotatable bonds is 2. The first-order valence-corrected chi connectivity index (χ1v) is 4.05. The second-order valence-corrected chi connectivity index (χ2v) is 2.79. The standard InChI is InChI=1S/C8H9N5O/c1-12-4-2-7(10-12)11-13-5-3-8(14)9-6-13/h2-6H,1H3,(H,10,11). The van der Waals surface area contributed by atoms with Crippen molar-refractivity contribution in [1.82, 2.24) is 19.4 Å². The summed E-state index contributed by atoms with van der Waals surface area (Å²) in [5.74, 6) is 0.693. The number of aromatic nitrogens is 4. The van der Waals surface area contributed by atoms with Gasteiger partial charge in [0.05, 0.1) is 0 Å². The van der Waals surface area contributed by atoms with E-state index >= 15 is 0 Å². The summed E-state index contributed by atoms with van der Waals surface area (Å²) in [5.41, 5.74) is 2.68. The van der Waals surface area contributed by atoms with Crippen molar-refractivity contribution in [2.75, 3.05) is 5.43 Å². The predicted molar refractivity (Wildman–Crippen MR) is 50.7 cm³/mol. The lowest BCUT2D eigenvalue weighted by molar-refractivity contribution is 0.760. The van der Waals surface area contributed by atoms with Gasteiger partial charge in [0, 0.05) is 31.6 Å². The van der Waals surface area contributed by atoms with Gasteiger partial charge in [-0.05, 0) is 0 Å². The highest BCUT2D eigenvalue weighted by Crippen LogP contribution is 2.00. The fraction of sp³-hybridized carbons (Fsp3) is 0.125. The molecule has 0 bridgehead atoms. The van der Waals surface area contributed by atoms with Gasteiger partial charge in [0.1, 0.15) is 6.33 Å². The summed E-state index contributed by atoms with van der Waals surface area (Å²) in [7, 11) is 1.83. The van der Waals surface area contributed by atoms with E-state index in [-0.39, 0.29) is 5.56 Å². The molecule has 0 aliphatic carbocycles. The molecule has 2 aromatic rings. The molecule has 0 atom stereocenters. The van der Waals surface area contributed by atoms with Crippen molar-refractivity contribution in [3.63, 3.8) is 0 Å². The quantitative estimate of drug-likeness (QED) is 0.717. The van der Waals surface area contributed by atoms with Gasteiger partial charge in [-0.25, -0.2) is 0 Å². The van der Waals surface area contributed by atoms with E-state index in [1.165, 1.54) is 12.4 Å². The summed E-state index contributed by atoms with van der Waals surface area (Å²) in [6, 6.07) is 3.19. The van der Waals surface area contributed by atoms with E-state index in [1.807, 2.05) is 19.3 Å². The van der Waals surface area contributed by atoms with Crippen LogP contribution >= 0.6 is 0 Å². The molecule has 0 saturated carbocycles. The Hall–Kier alpha value is -2.11. The maximum absolute atomic E-state index is 10.7. The van der Waals surface area contributed by atoms with Crippen LogP contribution in [-0.4, -0.2) is 19.4 Å². The summed E-state index contributed by atoms with van der Waals surface area (Å²) < 4.78 is 3.24. The maximum Gasteiger partial charge on any atom is 0.272 e. The van der Waals surface area contributed by atoms with E-state index < -0.39 is 0 Å². The molecule has 0 amide bonds. The Morgan fingerprint density at radius 3 is 2.79 bits per heavy atom. The average molecular weight is 191 g/mol. The first kappa shape index (κ1) is 8.49. The number of aryl methyl sites for hydroxylation is 1. The van der Waals surface area contributed by atoms with Crippen LogP contribution in [0.5, 0.6) is 0 Å². The Balaban J connectivity index is 2.19. The summed E-state index contributed by atoms with van der Waals surface area (Å²) in [6.07, 6.45) is 4.80. The first-order valence-electron chi connectivity index (χ1n) is 4.05. The Labute approximate surface area is 79.8 Å². The molecule has 2 heterocycles. The van der Waals surface area contributed by atoms with Crippen LogP contribution in [0, 0.1) is 0 Å². The molecule has 6 nitrogen and oxygen atoms in total. The fourth-order valence-corrected chi connectivity index (χ4v) is 1.02. The van der Waals surface area contributed by atoms with Crippen LogP contribution in [0.1, 0.15) is 0 Å². The maximum atomic E-state index is 10.7. The smallest absolute Gasteiger partial charge is 0.272 e. The van der Waals surface area contributed by atoms with Gasteiger partial charge in [0.15, 0.2) is 5.82 Å². The van der Waals surface area contributed by atoms with Gasteiger partial charge in [-0.1, -0.05) is 0 Å². The molecule has 0 spiro atoms. The van der Waals surface area contributed by atoms with Crippen LogP contribution in [0.15, 0.2) is 35.6 Å². The van der Waals surface area contributed by atoms with Crippen LogP contribution in [-0.2, 0) is 7.05 Å². The Bertz CT molecular complexity index is 466. The van der Waals surface area contributed by atoms with E-state index in [9.17, 15) is 4.79 Å². The minimum atomic E-state index is -0.260. The molecular formula is C8H9N5O. The SMILES string of the molecule is Cn1ccc(Nn2ccc(=O)nc2)n1. The molecule has 0 saturated heterocycles. The number of hydrogen-bond donors (Lipinski definition) is 1. The third-order valence-electron chi connectivity index (χ3n) is 1.64. The number of hydrogen-bond acceptors (Lipinski definition) is 4. The molecular weight excluding hydrogens is 182 g/mol. The summed E-state index contributed by atoms with van der Waals surface area (Å²) in [5, 5.41) is 4.11. The van der Waals surface area contributed by atoms with Crippen LogP contribution in [0.25, 0.3) is 0 Å². The van der Waals surface area contributed by atoms with Crippen molar-refractivity contribution in [3.8, 4) is 0 Å². The summed E-state index contributed by atoms with van der Waals surface area (Å²) >= 11 is 0. The number of nitrogens with zero attached hydrogens (tertiary/aromatic N) is 4. The van der Waals surface area contributed by atoms with Crippen molar-refractivity contribution in [2.24, 2.45) is 7.05 Å². The molecule has 0 aliphatic rings. The number of anilines is 1. The Morgan fingerprint density at radius 1 is 1.36 bits per heavy atom. The third kappa shape index (κ3) is 1.79. The van der Waals surface area contributed by atoms with Gasteiger partial charge >= 0.3 is 0 Å². The number of nitrogens with one attached hydrogen (secondary N) is 1. The molecule has 0 unspecified atom stereocenters. The van der Waals surface area contributed by atoms with Crippen LogP contribution < -0.4 is 11.0 Å². The Kier molecular flexibility index (Phi) is 2.02. The van der Waals surface area contributed by atoms with Crippen LogP contribution in [0.4, 0.5) is 5.82 Å². The molecule has 1 N–H and O–H groups in total. The minimum Gasteiger partial charge on any atom is -0.275 e. The highest BCUT2D eigenvalue weighted by Gasteiger charge is 1.94. The van der Waals surface area contributed by atoms with Crippen LogP contribution in [0.2, 0.25) is 0 Å². The topological polar surface area (TPSA) is 64.7 Å². The van der Waals surface area contributed by atoms with Crippen molar-refractivity contribution in [3.05, 3.63) is 41.2 Å². The van der Waals surface area contributed by atoms with Gasteiger partial charge in [-0.15, -0.1) is 0 Å². The molecule has 6 heteroatoms. The van der Waals surface area contributed by atoms with E-state index in [1.54, 1.807) is 15.6 Å². The van der Waals surface area contributed by atoms with Gasteiger partial charge in [-0.3, -0.25) is 19.6 Å². The third-order valence-corrected chi connectivity index (χ3v) is 1.64. The normalized spacial score (nSPS) is 10.1. The Morgan fingerprint density at radius 2 is 2.21 bits per heavy atom. The highest BCUT2D eigenvalue weighted by atomic mass is 16.1. The highest BCUT2D eigenvalue weighted by molar-refractivity contribution is 5.31. The van der Waals surface area contributed by atoms with Crippen molar-refractivity contribution < 1.29 is 0 Å². The second-order valence-electron chi connectivity index (χ2n) is 2.79. The largest absolute Gasteiger partial charge is 0.275 e. The fourth-order valence-electron chi connectivity index (χ4n) is 1.02. The van der Waals surface area contributed by atoms with E-state index in [4.69, 9.17) is 0 Å². The lowest BCUT2D eigenvalue weighted by Gasteiger charge is -2.04. The van der Waals surface area contributed by atoms with Crippen molar-refractivity contribution in [2.45, 2.75) is 0 Å². The zero-order valence-corrected chi connectivity index (χ0v) is 7.58. The molecule has 2 aromatic heterocycles. The van der Waals surface area contributed by atoms with Crippen molar-refractivity contribution in [1.29, 1.82) is 0 Å².